The zero-order valence-corrected chi connectivity index (χ0v) is 51.8. The number of esters is 1. The van der Waals surface area contributed by atoms with Crippen LogP contribution in [0.1, 0.15) is 190 Å². The molecule has 8 saturated carbocycles. The van der Waals surface area contributed by atoms with E-state index < -0.39 is 11.2 Å². The highest BCUT2D eigenvalue weighted by molar-refractivity contribution is 6.10. The lowest BCUT2D eigenvalue weighted by molar-refractivity contribution is -0.156. The maximum atomic E-state index is 12.4. The third-order valence-corrected chi connectivity index (χ3v) is 26.9. The molecule has 0 aliphatic heterocycles. The Balaban J connectivity index is 0.655. The van der Waals surface area contributed by atoms with E-state index in [-0.39, 0.29) is 16.8 Å². The zero-order chi connectivity index (χ0) is 58.0. The predicted octanol–water partition coefficient (Wildman–Crippen LogP) is 13.6. The molecule has 0 amide bonds. The van der Waals surface area contributed by atoms with Gasteiger partial charge in [-0.1, -0.05) is 76.2 Å². The first-order chi connectivity index (χ1) is 39.7. The van der Waals surface area contributed by atoms with Crippen molar-refractivity contribution in [2.45, 2.75) is 221 Å². The quantitative estimate of drug-likeness (QED) is 0.0806. The summed E-state index contributed by atoms with van der Waals surface area (Å²) in [5, 5.41) is 45.9. The molecular weight excluding hydrogens is 1030 g/mol. The van der Waals surface area contributed by atoms with E-state index in [0.29, 0.717) is 84.7 Å². The van der Waals surface area contributed by atoms with Crippen molar-refractivity contribution in [2.24, 2.45) is 98.4 Å². The number of carbonyl (C=O) groups is 2. The molecule has 8 aliphatic carbocycles. The number of Topliss-reactive ketones (excluding diaryl/α,β-unsaturated/α-hetero) is 1. The summed E-state index contributed by atoms with van der Waals surface area (Å²) in [7, 11) is 1.50. The molecule has 5 aromatic rings. The van der Waals surface area contributed by atoms with Gasteiger partial charge in [-0.3, -0.25) is 4.79 Å². The molecule has 0 spiro atoms. The van der Waals surface area contributed by atoms with Crippen molar-refractivity contribution in [1.82, 2.24) is 34.6 Å². The molecule has 0 radical (unpaired) electrons. The maximum Gasteiger partial charge on any atom is 0.305 e. The Morgan fingerprint density at radius 3 is 1.52 bits per heavy atom. The molecule has 450 valence electrons. The molecule has 0 bridgehead atoms. The molecule has 2 aromatic carbocycles. The SMILES string of the molecule is COC(=O)CC[C@@H](C)C1CC[C@H]2[C@@H]3CC[C@@H]4C[C@](O)(Cn5cc(-c6ccc7c8ccc(-c9cn(C[C@]%10(O)CCC%11(C)C%12CCC%13(C)C([C@H](C)CCC(C)=O)CC[C@H]%13[C@@H]%12CC[C@@H]%11C%10)nn9)cc8n(CCN)c7c6)nn5)CCC4(C)C3CCC12C. The minimum Gasteiger partial charge on any atom is -0.469 e. The smallest absolute Gasteiger partial charge is 0.305 e. The van der Waals surface area contributed by atoms with E-state index in [1.165, 1.54) is 84.2 Å². The number of aromatic nitrogens is 7. The van der Waals surface area contributed by atoms with Crippen LogP contribution in [0.3, 0.4) is 0 Å². The Labute approximate surface area is 494 Å². The fourth-order valence-electron chi connectivity index (χ4n) is 22.6. The number of ketones is 1. The Bertz CT molecular complexity index is 3240. The lowest BCUT2D eigenvalue weighted by Gasteiger charge is -2.62. The van der Waals surface area contributed by atoms with Gasteiger partial charge in [-0.05, 0) is 240 Å². The number of aliphatic hydroxyl groups is 2. The van der Waals surface area contributed by atoms with Gasteiger partial charge in [0.25, 0.3) is 0 Å². The van der Waals surface area contributed by atoms with Crippen molar-refractivity contribution >= 4 is 33.6 Å². The van der Waals surface area contributed by atoms with E-state index in [4.69, 9.17) is 20.7 Å². The van der Waals surface area contributed by atoms with E-state index in [2.05, 4.69) is 92.9 Å². The third kappa shape index (κ3) is 9.79. The first-order valence-electron chi connectivity index (χ1n) is 33.3. The molecule has 13 nitrogen and oxygen atoms in total. The second-order valence-electron chi connectivity index (χ2n) is 30.9. The number of ether oxygens (including phenoxy) is 1. The van der Waals surface area contributed by atoms with Gasteiger partial charge in [0, 0.05) is 58.9 Å². The summed E-state index contributed by atoms with van der Waals surface area (Å²) in [4.78, 5) is 24.0. The van der Waals surface area contributed by atoms with Crippen LogP contribution < -0.4 is 5.73 Å². The predicted molar refractivity (Wildman–Crippen MR) is 326 cm³/mol. The van der Waals surface area contributed by atoms with Crippen molar-refractivity contribution in [3.05, 3.63) is 48.8 Å². The Kier molecular flexibility index (Phi) is 14.9. The van der Waals surface area contributed by atoms with Crippen LogP contribution >= 0.6 is 0 Å². The van der Waals surface area contributed by atoms with Crippen LogP contribution in [-0.4, -0.2) is 81.4 Å². The van der Waals surface area contributed by atoms with Gasteiger partial charge in [0.1, 0.15) is 17.2 Å². The summed E-state index contributed by atoms with van der Waals surface area (Å²) >= 11 is 0. The second-order valence-corrected chi connectivity index (χ2v) is 30.9. The highest BCUT2D eigenvalue weighted by atomic mass is 16.5. The summed E-state index contributed by atoms with van der Waals surface area (Å²) in [5.41, 5.74) is 11.7. The van der Waals surface area contributed by atoms with Crippen LogP contribution in [0, 0.1) is 92.7 Å². The highest BCUT2D eigenvalue weighted by Crippen LogP contribution is 2.71. The van der Waals surface area contributed by atoms with E-state index in [9.17, 15) is 19.8 Å². The van der Waals surface area contributed by atoms with Gasteiger partial charge in [0.2, 0.25) is 0 Å². The molecule has 8 fully saturated rings. The van der Waals surface area contributed by atoms with Gasteiger partial charge in [-0.25, -0.2) is 9.36 Å². The first-order valence-corrected chi connectivity index (χ1v) is 33.3. The molecule has 18 atom stereocenters. The van der Waals surface area contributed by atoms with E-state index in [1.54, 1.807) is 6.92 Å². The molecule has 3 heterocycles. The standard InChI is InChI=1S/C70H100N8O5/c1-43(9-11-45(3)79)54-20-22-56-52-18-14-48-37-69(81,31-29-65(48,4)58(52)25-27-67(54,56)6)41-76-39-60(72-74-76)46-12-16-50-51-17-13-47(36-63(51)78(34-33-71)62(50)35-46)61-40-77(75-73-61)42-70(82)32-30-66(5)49(38-70)15-19-53-57-23-21-55(44(2)10-24-64(80)83-8)68(57,7)28-26-59(53)66/h12-13,16-17,35-36,39-40,43-44,48-49,52-59,81-82H,9-11,14-15,18-34,37-38,41-42,71H2,1-8H3/t43-,44-,48-,49-,52+,53+,54?,55?,56+,57+,58?,59?,65?,66?,67?,68?,69+,70+/m1/s1. The average Bonchev–Trinajstić information content (AvgIpc) is 2.21. The number of hydrogen-bond donors (Lipinski definition) is 3. The molecule has 8 aliphatic rings. The van der Waals surface area contributed by atoms with Crippen molar-refractivity contribution in [3.8, 4) is 22.5 Å². The number of nitrogens with zero attached hydrogens (tertiary/aromatic N) is 7. The monoisotopic (exact) mass is 1130 g/mol. The van der Waals surface area contributed by atoms with Gasteiger partial charge in [-0.15, -0.1) is 10.2 Å². The van der Waals surface area contributed by atoms with E-state index in [0.717, 1.165) is 138 Å². The normalized spacial score (nSPS) is 39.1. The van der Waals surface area contributed by atoms with Crippen LogP contribution in [0.15, 0.2) is 48.8 Å². The topological polar surface area (TPSA) is 176 Å². The van der Waals surface area contributed by atoms with Crippen LogP contribution in [0.4, 0.5) is 0 Å². The van der Waals surface area contributed by atoms with E-state index >= 15 is 0 Å². The molecule has 3 aromatic heterocycles. The summed E-state index contributed by atoms with van der Waals surface area (Å²) < 4.78 is 11.1. The minimum absolute atomic E-state index is 0.0834. The number of nitrogens with two attached hydrogens (primary N) is 1. The third-order valence-electron chi connectivity index (χ3n) is 26.9. The number of methoxy groups -OCH3 is 1. The van der Waals surface area contributed by atoms with Crippen LogP contribution in [-0.2, 0) is 34.0 Å². The minimum atomic E-state index is -0.826. The first kappa shape index (κ1) is 57.6. The van der Waals surface area contributed by atoms with Crippen molar-refractivity contribution in [1.29, 1.82) is 0 Å². The van der Waals surface area contributed by atoms with E-state index in [1.807, 2.05) is 21.8 Å². The summed E-state index contributed by atoms with van der Waals surface area (Å²) in [5.74, 6) is 8.33. The highest BCUT2D eigenvalue weighted by Gasteiger charge is 2.64. The molecule has 8 unspecified atom stereocenters. The maximum absolute atomic E-state index is 12.4. The number of benzene rings is 2. The number of rotatable bonds is 16. The zero-order valence-electron chi connectivity index (χ0n) is 51.8. The largest absolute Gasteiger partial charge is 0.469 e. The summed E-state index contributed by atoms with van der Waals surface area (Å²) in [6.45, 7) is 19.0. The van der Waals surface area contributed by atoms with Crippen LogP contribution in [0.2, 0.25) is 0 Å². The average molecular weight is 1130 g/mol. The van der Waals surface area contributed by atoms with Crippen LogP contribution in [0.25, 0.3) is 44.3 Å². The van der Waals surface area contributed by atoms with Gasteiger partial charge in [0.15, 0.2) is 0 Å². The fraction of sp³-hybridized carbons (Fsp3) is 0.743. The molecule has 83 heavy (non-hydrogen) atoms. The number of fused-ring (bicyclic) bond motifs is 13. The Morgan fingerprint density at radius 2 is 1.07 bits per heavy atom. The molecule has 4 N–H and O–H groups in total. The Morgan fingerprint density at radius 1 is 0.614 bits per heavy atom. The van der Waals surface area contributed by atoms with Gasteiger partial charge >= 0.3 is 5.97 Å². The van der Waals surface area contributed by atoms with Gasteiger partial charge in [-0.2, -0.15) is 0 Å². The summed E-state index contributed by atoms with van der Waals surface area (Å²) in [6.07, 6.45) is 28.0. The molecular formula is C70H100N8O5. The van der Waals surface area contributed by atoms with Crippen molar-refractivity contribution in [3.63, 3.8) is 0 Å². The molecule has 13 heteroatoms. The number of hydrogen-bond acceptors (Lipinski definition) is 10. The lowest BCUT2D eigenvalue weighted by Crippen LogP contribution is -2.56. The van der Waals surface area contributed by atoms with Gasteiger partial charge < -0.3 is 30.0 Å². The van der Waals surface area contributed by atoms with Gasteiger partial charge in [0.05, 0.1) is 43.8 Å². The number of carbonyl (C=O) groups excluding carboxylic acids is 2. The Hall–Kier alpha value is -4.46. The van der Waals surface area contributed by atoms with Crippen molar-refractivity contribution in [2.75, 3.05) is 13.7 Å². The lowest BCUT2D eigenvalue weighted by atomic mass is 9.43. The molecule has 0 saturated heterocycles. The second kappa shape index (κ2) is 21.4. The van der Waals surface area contributed by atoms with Crippen molar-refractivity contribution < 1.29 is 24.5 Å². The molecule has 13 rings (SSSR count). The summed E-state index contributed by atoms with van der Waals surface area (Å²) in [6, 6.07) is 13.1. The van der Waals surface area contributed by atoms with Crippen LogP contribution in [0.5, 0.6) is 0 Å². The fourth-order valence-corrected chi connectivity index (χ4v) is 22.6.